The van der Waals surface area contributed by atoms with E-state index in [2.05, 4.69) is 27.8 Å². The zero-order valence-corrected chi connectivity index (χ0v) is 17.0. The van der Waals surface area contributed by atoms with Gasteiger partial charge in [0.1, 0.15) is 5.82 Å². The molecule has 1 aromatic carbocycles. The van der Waals surface area contributed by atoms with Crippen LogP contribution >= 0.6 is 0 Å². The van der Waals surface area contributed by atoms with Crippen LogP contribution in [-0.2, 0) is 17.7 Å². The Morgan fingerprint density at radius 1 is 1.31 bits per heavy atom. The van der Waals surface area contributed by atoms with Crippen LogP contribution in [0.3, 0.4) is 0 Å². The zero-order valence-electron chi connectivity index (χ0n) is 17.0. The summed E-state index contributed by atoms with van der Waals surface area (Å²) in [5, 5.41) is 8.99. The molecule has 8 nitrogen and oxygen atoms in total. The van der Waals surface area contributed by atoms with Gasteiger partial charge in [-0.15, -0.1) is 0 Å². The average Bonchev–Trinajstić information content (AvgIpc) is 2.74. The molecule has 0 radical (unpaired) electrons. The number of nitrogens with zero attached hydrogens (tertiary/aromatic N) is 3. The average molecular weight is 396 g/mol. The maximum absolute atomic E-state index is 11.7. The normalized spacial score (nSPS) is 18.8. The molecule has 2 aliphatic rings. The smallest absolute Gasteiger partial charge is 0.319 e. The van der Waals surface area contributed by atoms with Gasteiger partial charge in [0.25, 0.3) is 0 Å². The summed E-state index contributed by atoms with van der Waals surface area (Å²) in [6.45, 7) is 8.63. The fourth-order valence-electron chi connectivity index (χ4n) is 3.77. The Bertz CT molecular complexity index is 870. The van der Waals surface area contributed by atoms with Crippen molar-refractivity contribution in [3.05, 3.63) is 35.5 Å². The fraction of sp³-hybridized carbons (Fsp3) is 0.476. The number of rotatable bonds is 4. The van der Waals surface area contributed by atoms with Crippen molar-refractivity contribution < 1.29 is 9.53 Å². The monoisotopic (exact) mass is 396 g/mol. The summed E-state index contributed by atoms with van der Waals surface area (Å²) in [4.78, 5) is 23.9. The fourth-order valence-corrected chi connectivity index (χ4v) is 3.77. The van der Waals surface area contributed by atoms with Crippen molar-refractivity contribution in [2.24, 2.45) is 0 Å². The van der Waals surface area contributed by atoms with Crippen LogP contribution in [0.4, 0.5) is 16.3 Å². The van der Waals surface area contributed by atoms with Gasteiger partial charge in [-0.2, -0.15) is 0 Å². The van der Waals surface area contributed by atoms with Gasteiger partial charge in [-0.1, -0.05) is 0 Å². The van der Waals surface area contributed by atoms with Crippen molar-refractivity contribution in [1.29, 1.82) is 0 Å². The molecule has 3 heterocycles. The number of nitrogens with one attached hydrogen (secondary N) is 3. The summed E-state index contributed by atoms with van der Waals surface area (Å²) < 4.78 is 5.61. The summed E-state index contributed by atoms with van der Waals surface area (Å²) in [6.07, 6.45) is 0.896. The lowest BCUT2D eigenvalue weighted by molar-refractivity contribution is 0.0984. The van der Waals surface area contributed by atoms with Gasteiger partial charge < -0.3 is 25.6 Å². The molecule has 0 saturated carbocycles. The molecule has 0 unspecified atom stereocenters. The number of aromatic nitrogens is 2. The molecule has 1 fully saturated rings. The predicted molar refractivity (Wildman–Crippen MR) is 113 cm³/mol. The largest absolute Gasteiger partial charge is 0.377 e. The van der Waals surface area contributed by atoms with E-state index < -0.39 is 0 Å². The number of amides is 2. The molecule has 1 saturated heterocycles. The number of urea groups is 1. The van der Waals surface area contributed by atoms with Gasteiger partial charge in [-0.05, 0) is 38.1 Å². The molecule has 2 amide bonds. The van der Waals surface area contributed by atoms with Crippen LogP contribution in [0.25, 0.3) is 11.4 Å². The van der Waals surface area contributed by atoms with Crippen LogP contribution < -0.4 is 20.9 Å². The van der Waals surface area contributed by atoms with Gasteiger partial charge in [0.15, 0.2) is 5.82 Å². The van der Waals surface area contributed by atoms with Crippen molar-refractivity contribution in [3.63, 3.8) is 0 Å². The molecular formula is C21H28N6O2. The molecule has 4 rings (SSSR count). The number of benzene rings is 1. The highest BCUT2D eigenvalue weighted by molar-refractivity contribution is 5.89. The highest BCUT2D eigenvalue weighted by Crippen LogP contribution is 2.29. The minimum absolute atomic E-state index is 0.207. The molecule has 3 N–H and O–H groups in total. The van der Waals surface area contributed by atoms with Crippen molar-refractivity contribution in [1.82, 2.24) is 20.6 Å². The lowest BCUT2D eigenvalue weighted by Crippen LogP contribution is -2.45. The van der Waals surface area contributed by atoms with Gasteiger partial charge in [-0.3, -0.25) is 0 Å². The van der Waals surface area contributed by atoms with Crippen LogP contribution in [0.2, 0.25) is 0 Å². The molecule has 2 aliphatic heterocycles. The number of anilines is 2. The molecule has 154 valence electrons. The molecular weight excluding hydrogens is 368 g/mol. The van der Waals surface area contributed by atoms with Crippen LogP contribution in [0.1, 0.15) is 25.1 Å². The van der Waals surface area contributed by atoms with Gasteiger partial charge in [0, 0.05) is 49.4 Å². The first-order valence-corrected chi connectivity index (χ1v) is 10.3. The number of fused-ring (bicyclic) bond motifs is 1. The van der Waals surface area contributed by atoms with E-state index in [1.807, 2.05) is 31.2 Å². The first-order chi connectivity index (χ1) is 14.2. The van der Waals surface area contributed by atoms with E-state index in [0.29, 0.717) is 19.8 Å². The van der Waals surface area contributed by atoms with E-state index in [0.717, 1.165) is 54.6 Å². The summed E-state index contributed by atoms with van der Waals surface area (Å²) in [5.41, 5.74) is 3.99. The Hall–Kier alpha value is -2.71. The van der Waals surface area contributed by atoms with E-state index in [-0.39, 0.29) is 12.1 Å². The Morgan fingerprint density at radius 3 is 2.90 bits per heavy atom. The second-order valence-electron chi connectivity index (χ2n) is 7.40. The van der Waals surface area contributed by atoms with Crippen molar-refractivity contribution >= 4 is 17.5 Å². The van der Waals surface area contributed by atoms with E-state index >= 15 is 0 Å². The molecule has 2 aromatic rings. The van der Waals surface area contributed by atoms with E-state index in [4.69, 9.17) is 14.7 Å². The van der Waals surface area contributed by atoms with E-state index in [1.54, 1.807) is 0 Å². The van der Waals surface area contributed by atoms with Crippen LogP contribution in [0.5, 0.6) is 0 Å². The number of morpholine rings is 1. The lowest BCUT2D eigenvalue weighted by Gasteiger charge is -2.36. The highest BCUT2D eigenvalue weighted by atomic mass is 16.5. The molecule has 8 heteroatoms. The molecule has 29 heavy (non-hydrogen) atoms. The summed E-state index contributed by atoms with van der Waals surface area (Å²) in [5.74, 6) is 1.74. The first kappa shape index (κ1) is 19.6. The Morgan fingerprint density at radius 2 is 2.14 bits per heavy atom. The number of carbonyl (C=O) groups is 1. The maximum Gasteiger partial charge on any atom is 0.319 e. The number of hydrogen-bond donors (Lipinski definition) is 3. The maximum atomic E-state index is 11.7. The first-order valence-electron chi connectivity index (χ1n) is 10.3. The van der Waals surface area contributed by atoms with Gasteiger partial charge >= 0.3 is 6.03 Å². The zero-order chi connectivity index (χ0) is 20.2. The SMILES string of the molecule is CCNC(=O)Nc1ccc(-c2nc3c(c(N4CCOC[C@H]4C)n2)CNCC3)cc1. The van der Waals surface area contributed by atoms with E-state index in [9.17, 15) is 4.79 Å². The topological polar surface area (TPSA) is 91.4 Å². The second kappa shape index (κ2) is 8.75. The highest BCUT2D eigenvalue weighted by Gasteiger charge is 2.27. The third kappa shape index (κ3) is 4.33. The quantitative estimate of drug-likeness (QED) is 0.734. The Labute approximate surface area is 171 Å². The van der Waals surface area contributed by atoms with Gasteiger partial charge in [0.05, 0.1) is 24.9 Å². The standard InChI is InChI=1S/C21H28N6O2/c1-3-23-21(28)24-16-6-4-15(5-7-16)19-25-18-8-9-22-12-17(18)20(26-19)27-10-11-29-13-14(27)2/h4-7,14,22H,3,8-13H2,1-2H3,(H2,23,24,28)/t14-/m1/s1. The van der Waals surface area contributed by atoms with Gasteiger partial charge in [0.2, 0.25) is 0 Å². The van der Waals surface area contributed by atoms with E-state index in [1.165, 1.54) is 5.56 Å². The second-order valence-corrected chi connectivity index (χ2v) is 7.40. The summed E-state index contributed by atoms with van der Waals surface area (Å²) in [6, 6.07) is 7.74. The summed E-state index contributed by atoms with van der Waals surface area (Å²) >= 11 is 0. The Kier molecular flexibility index (Phi) is 5.92. The number of carbonyl (C=O) groups excluding carboxylic acids is 1. The van der Waals surface area contributed by atoms with Crippen molar-refractivity contribution in [2.45, 2.75) is 32.9 Å². The van der Waals surface area contributed by atoms with Crippen LogP contribution in [0, 0.1) is 0 Å². The van der Waals surface area contributed by atoms with Crippen LogP contribution in [0.15, 0.2) is 24.3 Å². The Balaban J connectivity index is 1.65. The third-order valence-electron chi connectivity index (χ3n) is 5.29. The number of ether oxygens (including phenoxy) is 1. The molecule has 1 aromatic heterocycles. The third-order valence-corrected chi connectivity index (χ3v) is 5.29. The minimum atomic E-state index is -0.207. The van der Waals surface area contributed by atoms with Crippen LogP contribution in [-0.4, -0.2) is 54.9 Å². The van der Waals surface area contributed by atoms with Crippen molar-refractivity contribution in [2.75, 3.05) is 43.1 Å². The number of hydrogen-bond acceptors (Lipinski definition) is 6. The molecule has 0 spiro atoms. The molecule has 0 aliphatic carbocycles. The predicted octanol–water partition coefficient (Wildman–Crippen LogP) is 2.16. The van der Waals surface area contributed by atoms with Gasteiger partial charge in [-0.25, -0.2) is 14.8 Å². The minimum Gasteiger partial charge on any atom is -0.377 e. The molecule has 0 bridgehead atoms. The lowest BCUT2D eigenvalue weighted by atomic mass is 10.1. The summed E-state index contributed by atoms with van der Waals surface area (Å²) in [7, 11) is 0. The van der Waals surface area contributed by atoms with Crippen molar-refractivity contribution in [3.8, 4) is 11.4 Å². The molecule has 1 atom stereocenters.